The van der Waals surface area contributed by atoms with Crippen LogP contribution in [0.4, 0.5) is 0 Å². The van der Waals surface area contributed by atoms with E-state index in [2.05, 4.69) is 6.92 Å². The van der Waals surface area contributed by atoms with Crippen molar-refractivity contribution >= 4 is 11.6 Å². The first kappa shape index (κ1) is 10.3. The highest BCUT2D eigenvalue weighted by Gasteiger charge is 2.37. The molecule has 12 heavy (non-hydrogen) atoms. The maximum Gasteiger partial charge on any atom is 0.0574 e. The van der Waals surface area contributed by atoms with Gasteiger partial charge < -0.3 is 4.74 Å². The first-order chi connectivity index (χ1) is 5.76. The Morgan fingerprint density at radius 2 is 2.17 bits per heavy atom. The van der Waals surface area contributed by atoms with Gasteiger partial charge in [-0.15, -0.1) is 11.6 Å². The molecule has 1 aliphatic rings. The number of halogens is 1. The molecule has 0 N–H and O–H groups in total. The van der Waals surface area contributed by atoms with Crippen molar-refractivity contribution in [3.63, 3.8) is 0 Å². The summed E-state index contributed by atoms with van der Waals surface area (Å²) in [6.07, 6.45) is 6.64. The van der Waals surface area contributed by atoms with E-state index in [1.165, 1.54) is 19.3 Å². The Balaban J connectivity index is 2.35. The minimum atomic E-state index is 0.420. The van der Waals surface area contributed by atoms with E-state index in [1.807, 2.05) is 0 Å². The fraction of sp³-hybridized carbons (Fsp3) is 1.00. The van der Waals surface area contributed by atoms with Gasteiger partial charge in [0.15, 0.2) is 0 Å². The predicted octanol–water partition coefficient (Wildman–Crippen LogP) is 3.21. The molecule has 1 saturated carbocycles. The first-order valence-corrected chi connectivity index (χ1v) is 5.38. The Kier molecular flexibility index (Phi) is 3.85. The fourth-order valence-electron chi connectivity index (χ4n) is 1.95. The van der Waals surface area contributed by atoms with Gasteiger partial charge in [-0.2, -0.15) is 0 Å². The highest BCUT2D eigenvalue weighted by atomic mass is 35.5. The van der Waals surface area contributed by atoms with Gasteiger partial charge in [-0.1, -0.05) is 13.3 Å². The second kappa shape index (κ2) is 4.48. The molecule has 0 heterocycles. The Morgan fingerprint density at radius 1 is 1.50 bits per heavy atom. The molecule has 1 nitrogen and oxygen atoms in total. The van der Waals surface area contributed by atoms with Crippen LogP contribution in [0.5, 0.6) is 0 Å². The number of ether oxygens (including phenoxy) is 1. The summed E-state index contributed by atoms with van der Waals surface area (Å²) in [4.78, 5) is 0. The van der Waals surface area contributed by atoms with E-state index >= 15 is 0 Å². The minimum Gasteiger partial charge on any atom is -0.381 e. The van der Waals surface area contributed by atoms with Gasteiger partial charge >= 0.3 is 0 Å². The molecule has 72 valence electrons. The van der Waals surface area contributed by atoms with Crippen LogP contribution in [0.1, 0.15) is 39.0 Å². The van der Waals surface area contributed by atoms with Crippen LogP contribution in [-0.4, -0.2) is 19.1 Å². The second-order valence-electron chi connectivity index (χ2n) is 3.96. The van der Waals surface area contributed by atoms with Crippen molar-refractivity contribution in [1.82, 2.24) is 0 Å². The summed E-state index contributed by atoms with van der Waals surface area (Å²) in [5, 5.41) is 0. The number of rotatable bonds is 5. The summed E-state index contributed by atoms with van der Waals surface area (Å²) in [6, 6.07) is 0. The molecular weight excluding hydrogens is 172 g/mol. The molecule has 0 aromatic heterocycles. The van der Waals surface area contributed by atoms with Crippen molar-refractivity contribution in [2.24, 2.45) is 5.41 Å². The standard InChI is InChI=1S/C10H19ClO/c1-3-9(12-2)7-10(8-11)5-4-6-10/h9H,3-8H2,1-2H3. The van der Waals surface area contributed by atoms with Gasteiger partial charge in [0.05, 0.1) is 6.10 Å². The lowest BCUT2D eigenvalue weighted by molar-refractivity contribution is 0.0241. The van der Waals surface area contributed by atoms with Crippen molar-refractivity contribution in [2.75, 3.05) is 13.0 Å². The quantitative estimate of drug-likeness (QED) is 0.605. The van der Waals surface area contributed by atoms with Gasteiger partial charge in [0.1, 0.15) is 0 Å². The smallest absolute Gasteiger partial charge is 0.0574 e. The molecule has 0 saturated heterocycles. The number of methoxy groups -OCH3 is 1. The molecule has 1 rings (SSSR count). The molecule has 0 aromatic rings. The highest BCUT2D eigenvalue weighted by molar-refractivity contribution is 6.18. The van der Waals surface area contributed by atoms with E-state index in [1.54, 1.807) is 7.11 Å². The third kappa shape index (κ3) is 2.14. The molecule has 0 amide bonds. The Bertz CT molecular complexity index is 122. The van der Waals surface area contributed by atoms with Crippen molar-refractivity contribution in [2.45, 2.75) is 45.1 Å². The minimum absolute atomic E-state index is 0.420. The number of alkyl halides is 1. The zero-order chi connectivity index (χ0) is 9.03. The summed E-state index contributed by atoms with van der Waals surface area (Å²) in [5.74, 6) is 0.812. The average Bonchev–Trinajstić information content (AvgIpc) is 2.05. The molecule has 1 aliphatic carbocycles. The van der Waals surface area contributed by atoms with Gasteiger partial charge in [0.2, 0.25) is 0 Å². The average molecular weight is 191 g/mol. The van der Waals surface area contributed by atoms with Gasteiger partial charge in [-0.05, 0) is 31.1 Å². The molecule has 0 bridgehead atoms. The van der Waals surface area contributed by atoms with Crippen LogP contribution < -0.4 is 0 Å². The van der Waals surface area contributed by atoms with Crippen LogP contribution in [0.3, 0.4) is 0 Å². The summed E-state index contributed by atoms with van der Waals surface area (Å²) in [6.45, 7) is 2.18. The molecular formula is C10H19ClO. The Morgan fingerprint density at radius 3 is 2.42 bits per heavy atom. The van der Waals surface area contributed by atoms with E-state index in [0.29, 0.717) is 11.5 Å². The molecule has 0 aromatic carbocycles. The van der Waals surface area contributed by atoms with Crippen LogP contribution in [0.25, 0.3) is 0 Å². The van der Waals surface area contributed by atoms with Gasteiger partial charge in [0.25, 0.3) is 0 Å². The molecule has 0 spiro atoms. The van der Waals surface area contributed by atoms with Crippen LogP contribution in [0.15, 0.2) is 0 Å². The Hall–Kier alpha value is 0.250. The normalized spacial score (nSPS) is 23.2. The van der Waals surface area contributed by atoms with E-state index in [0.717, 1.165) is 18.7 Å². The van der Waals surface area contributed by atoms with Crippen LogP contribution in [-0.2, 0) is 4.74 Å². The summed E-state index contributed by atoms with van der Waals surface area (Å²) >= 11 is 5.96. The third-order valence-electron chi connectivity index (χ3n) is 3.15. The van der Waals surface area contributed by atoms with E-state index in [9.17, 15) is 0 Å². The molecule has 0 aliphatic heterocycles. The lowest BCUT2D eigenvalue weighted by Crippen LogP contribution is -2.35. The van der Waals surface area contributed by atoms with E-state index in [-0.39, 0.29) is 0 Å². The SMILES string of the molecule is CCC(CC1(CCl)CCC1)OC. The molecule has 1 unspecified atom stereocenters. The zero-order valence-corrected chi connectivity index (χ0v) is 8.86. The largest absolute Gasteiger partial charge is 0.381 e. The van der Waals surface area contributed by atoms with Crippen molar-refractivity contribution in [3.8, 4) is 0 Å². The lowest BCUT2D eigenvalue weighted by atomic mass is 9.67. The summed E-state index contributed by atoms with van der Waals surface area (Å²) < 4.78 is 5.37. The van der Waals surface area contributed by atoms with Gasteiger partial charge in [-0.3, -0.25) is 0 Å². The zero-order valence-electron chi connectivity index (χ0n) is 8.11. The van der Waals surface area contributed by atoms with Crippen molar-refractivity contribution in [1.29, 1.82) is 0 Å². The maximum absolute atomic E-state index is 5.96. The maximum atomic E-state index is 5.96. The molecule has 1 atom stereocenters. The fourth-order valence-corrected chi connectivity index (χ4v) is 2.32. The summed E-state index contributed by atoms with van der Waals surface area (Å²) in [7, 11) is 1.80. The summed E-state index contributed by atoms with van der Waals surface area (Å²) in [5.41, 5.74) is 0.429. The van der Waals surface area contributed by atoms with E-state index < -0.39 is 0 Å². The second-order valence-corrected chi connectivity index (χ2v) is 4.22. The van der Waals surface area contributed by atoms with Gasteiger partial charge in [0, 0.05) is 13.0 Å². The monoisotopic (exact) mass is 190 g/mol. The molecule has 2 heteroatoms. The highest BCUT2D eigenvalue weighted by Crippen LogP contribution is 2.46. The number of hydrogen-bond donors (Lipinski definition) is 0. The van der Waals surface area contributed by atoms with E-state index in [4.69, 9.17) is 16.3 Å². The predicted molar refractivity (Wildman–Crippen MR) is 52.7 cm³/mol. The number of hydrogen-bond acceptors (Lipinski definition) is 1. The molecule has 0 radical (unpaired) electrons. The van der Waals surface area contributed by atoms with Crippen LogP contribution in [0.2, 0.25) is 0 Å². The Labute approximate surface area is 80.4 Å². The lowest BCUT2D eigenvalue weighted by Gasteiger charge is -2.42. The topological polar surface area (TPSA) is 9.23 Å². The third-order valence-corrected chi connectivity index (χ3v) is 3.71. The first-order valence-electron chi connectivity index (χ1n) is 4.85. The van der Waals surface area contributed by atoms with Crippen molar-refractivity contribution < 1.29 is 4.74 Å². The molecule has 1 fully saturated rings. The van der Waals surface area contributed by atoms with Crippen LogP contribution in [0, 0.1) is 5.41 Å². The van der Waals surface area contributed by atoms with Crippen molar-refractivity contribution in [3.05, 3.63) is 0 Å². The van der Waals surface area contributed by atoms with Crippen LogP contribution >= 0.6 is 11.6 Å². The van der Waals surface area contributed by atoms with Gasteiger partial charge in [-0.25, -0.2) is 0 Å².